The standard InChI is InChI=1S/C15H14Cl2FNO3/c16-8-1-2-9(12(17)5-8)10-6-11(10)13(20)19-4-3-15(18,7-19)14(21)22/h1-2,5,10-11H,3-4,6-7H2,(H,21,22). The zero-order chi connectivity index (χ0) is 16.1. The number of amides is 1. The van der Waals surface area contributed by atoms with Crippen LogP contribution in [0.15, 0.2) is 18.2 Å². The third kappa shape index (κ3) is 2.68. The van der Waals surface area contributed by atoms with Crippen LogP contribution in [0.2, 0.25) is 10.0 Å². The largest absolute Gasteiger partial charge is 0.479 e. The molecule has 1 aliphatic heterocycles. The van der Waals surface area contributed by atoms with Crippen LogP contribution in [0, 0.1) is 5.92 Å². The molecule has 3 atom stereocenters. The van der Waals surface area contributed by atoms with Crippen LogP contribution in [0.1, 0.15) is 24.3 Å². The van der Waals surface area contributed by atoms with E-state index in [1.165, 1.54) is 4.90 Å². The van der Waals surface area contributed by atoms with Crippen molar-refractivity contribution in [2.24, 2.45) is 5.92 Å². The summed E-state index contributed by atoms with van der Waals surface area (Å²) in [6, 6.07) is 5.14. The Labute approximate surface area is 136 Å². The van der Waals surface area contributed by atoms with E-state index in [0.29, 0.717) is 16.5 Å². The zero-order valence-corrected chi connectivity index (χ0v) is 13.1. The van der Waals surface area contributed by atoms with Crippen molar-refractivity contribution in [3.05, 3.63) is 33.8 Å². The van der Waals surface area contributed by atoms with Gasteiger partial charge in [0.2, 0.25) is 11.6 Å². The highest BCUT2D eigenvalue weighted by Crippen LogP contribution is 2.51. The number of benzene rings is 1. The SMILES string of the molecule is O=C(C1CC1c1ccc(Cl)cc1Cl)N1CCC(F)(C(=O)O)C1. The van der Waals surface area contributed by atoms with Gasteiger partial charge in [0.05, 0.1) is 6.54 Å². The molecule has 7 heteroatoms. The minimum atomic E-state index is -2.32. The average molecular weight is 346 g/mol. The quantitative estimate of drug-likeness (QED) is 0.915. The van der Waals surface area contributed by atoms with E-state index in [1.807, 2.05) is 0 Å². The van der Waals surface area contributed by atoms with Gasteiger partial charge in [-0.05, 0) is 30.0 Å². The van der Waals surface area contributed by atoms with Crippen molar-refractivity contribution in [3.63, 3.8) is 0 Å². The Morgan fingerprint density at radius 1 is 1.36 bits per heavy atom. The molecule has 3 unspecified atom stereocenters. The number of carboxylic acids is 1. The van der Waals surface area contributed by atoms with Crippen LogP contribution in [0.4, 0.5) is 4.39 Å². The summed E-state index contributed by atoms with van der Waals surface area (Å²) >= 11 is 12.0. The molecule has 0 radical (unpaired) electrons. The second kappa shape index (κ2) is 5.39. The van der Waals surface area contributed by atoms with Gasteiger partial charge >= 0.3 is 5.97 Å². The average Bonchev–Trinajstić information content (AvgIpc) is 3.12. The highest BCUT2D eigenvalue weighted by atomic mass is 35.5. The summed E-state index contributed by atoms with van der Waals surface area (Å²) < 4.78 is 14.0. The molecule has 22 heavy (non-hydrogen) atoms. The first-order valence-corrected chi connectivity index (χ1v) is 7.73. The summed E-state index contributed by atoms with van der Waals surface area (Å²) in [5.41, 5.74) is -1.47. The summed E-state index contributed by atoms with van der Waals surface area (Å²) in [5.74, 6) is -1.96. The highest BCUT2D eigenvalue weighted by Gasteiger charge is 2.52. The molecule has 3 rings (SSSR count). The first-order chi connectivity index (χ1) is 10.3. The van der Waals surface area contributed by atoms with Gasteiger partial charge in [-0.15, -0.1) is 0 Å². The summed E-state index contributed by atoms with van der Waals surface area (Å²) in [6.45, 7) is -0.238. The van der Waals surface area contributed by atoms with E-state index in [2.05, 4.69) is 0 Å². The van der Waals surface area contributed by atoms with E-state index in [1.54, 1.807) is 18.2 Å². The van der Waals surface area contributed by atoms with Gasteiger partial charge in [-0.1, -0.05) is 29.3 Å². The Balaban J connectivity index is 1.68. The maximum absolute atomic E-state index is 14.0. The summed E-state index contributed by atoms with van der Waals surface area (Å²) in [6.07, 6.45) is 0.482. The van der Waals surface area contributed by atoms with Gasteiger partial charge in [-0.2, -0.15) is 0 Å². The smallest absolute Gasteiger partial charge is 0.343 e. The van der Waals surface area contributed by atoms with Gasteiger partial charge < -0.3 is 10.0 Å². The number of nitrogens with zero attached hydrogens (tertiary/aromatic N) is 1. The number of aliphatic carboxylic acids is 1. The van der Waals surface area contributed by atoms with Gasteiger partial charge in [-0.25, -0.2) is 9.18 Å². The first kappa shape index (κ1) is 15.6. The summed E-state index contributed by atoms with van der Waals surface area (Å²) in [4.78, 5) is 24.6. The number of hydrogen-bond acceptors (Lipinski definition) is 2. The molecule has 1 N–H and O–H groups in total. The molecule has 118 valence electrons. The van der Waals surface area contributed by atoms with Crippen LogP contribution in [0.3, 0.4) is 0 Å². The van der Waals surface area contributed by atoms with Crippen LogP contribution in [-0.4, -0.2) is 40.6 Å². The third-order valence-corrected chi connectivity index (χ3v) is 4.95. The zero-order valence-electron chi connectivity index (χ0n) is 11.6. The van der Waals surface area contributed by atoms with Crippen molar-refractivity contribution in [3.8, 4) is 0 Å². The summed E-state index contributed by atoms with van der Waals surface area (Å²) in [5, 5.41) is 9.92. The van der Waals surface area contributed by atoms with Gasteiger partial charge in [0.15, 0.2) is 0 Å². The Morgan fingerprint density at radius 2 is 2.09 bits per heavy atom. The molecule has 1 amide bonds. The highest BCUT2D eigenvalue weighted by molar-refractivity contribution is 6.35. The molecule has 2 aliphatic rings. The van der Waals surface area contributed by atoms with Gasteiger partial charge in [0.1, 0.15) is 0 Å². The van der Waals surface area contributed by atoms with Crippen LogP contribution in [0.25, 0.3) is 0 Å². The van der Waals surface area contributed by atoms with Crippen molar-refractivity contribution in [1.29, 1.82) is 0 Å². The lowest BCUT2D eigenvalue weighted by Crippen LogP contribution is -2.39. The lowest BCUT2D eigenvalue weighted by molar-refractivity contribution is -0.150. The molecular weight excluding hydrogens is 332 g/mol. The van der Waals surface area contributed by atoms with E-state index < -0.39 is 11.6 Å². The molecule has 2 fully saturated rings. The number of rotatable bonds is 3. The van der Waals surface area contributed by atoms with E-state index >= 15 is 0 Å². The van der Waals surface area contributed by atoms with Crippen LogP contribution in [-0.2, 0) is 9.59 Å². The molecule has 4 nitrogen and oxygen atoms in total. The molecular formula is C15H14Cl2FNO3. The fourth-order valence-corrected chi connectivity index (χ4v) is 3.53. The van der Waals surface area contributed by atoms with Crippen molar-refractivity contribution < 1.29 is 19.1 Å². The van der Waals surface area contributed by atoms with E-state index in [9.17, 15) is 14.0 Å². The maximum atomic E-state index is 14.0. The number of carboxylic acid groups (broad SMARTS) is 1. The van der Waals surface area contributed by atoms with E-state index in [0.717, 1.165) is 5.56 Å². The summed E-state index contributed by atoms with van der Waals surface area (Å²) in [7, 11) is 0. The van der Waals surface area contributed by atoms with E-state index in [4.69, 9.17) is 28.3 Å². The molecule has 1 aliphatic carbocycles. The Bertz CT molecular complexity index is 654. The number of carbonyl (C=O) groups excluding carboxylic acids is 1. The predicted octanol–water partition coefficient (Wildman–Crippen LogP) is 3.12. The number of carbonyl (C=O) groups is 2. The fraction of sp³-hybridized carbons (Fsp3) is 0.467. The molecule has 1 saturated carbocycles. The van der Waals surface area contributed by atoms with Crippen molar-refractivity contribution >= 4 is 35.1 Å². The van der Waals surface area contributed by atoms with Gasteiger partial charge in [0.25, 0.3) is 0 Å². The van der Waals surface area contributed by atoms with Crippen molar-refractivity contribution in [1.82, 2.24) is 4.90 Å². The topological polar surface area (TPSA) is 57.6 Å². The van der Waals surface area contributed by atoms with Crippen molar-refractivity contribution in [2.75, 3.05) is 13.1 Å². The second-order valence-electron chi connectivity index (χ2n) is 5.89. The number of likely N-dealkylation sites (tertiary alicyclic amines) is 1. The second-order valence-corrected chi connectivity index (χ2v) is 6.74. The number of hydrogen-bond donors (Lipinski definition) is 1. The Kier molecular flexibility index (Phi) is 3.81. The molecule has 1 aromatic carbocycles. The number of halogens is 3. The Morgan fingerprint density at radius 3 is 2.68 bits per heavy atom. The molecule has 1 aromatic rings. The monoisotopic (exact) mass is 345 g/mol. The van der Waals surface area contributed by atoms with Crippen LogP contribution < -0.4 is 0 Å². The predicted molar refractivity (Wildman–Crippen MR) is 80.0 cm³/mol. The van der Waals surface area contributed by atoms with Crippen LogP contribution in [0.5, 0.6) is 0 Å². The fourth-order valence-electron chi connectivity index (χ4n) is 2.98. The first-order valence-electron chi connectivity index (χ1n) is 6.98. The van der Waals surface area contributed by atoms with E-state index in [-0.39, 0.29) is 37.3 Å². The molecule has 0 spiro atoms. The molecule has 1 saturated heterocycles. The van der Waals surface area contributed by atoms with Crippen molar-refractivity contribution in [2.45, 2.75) is 24.4 Å². The Hall–Kier alpha value is -1.33. The maximum Gasteiger partial charge on any atom is 0.343 e. The lowest BCUT2D eigenvalue weighted by Gasteiger charge is -2.18. The molecule has 0 bridgehead atoms. The molecule has 1 heterocycles. The number of alkyl halides is 1. The van der Waals surface area contributed by atoms with Gasteiger partial charge in [0, 0.05) is 28.9 Å². The van der Waals surface area contributed by atoms with Crippen LogP contribution >= 0.6 is 23.2 Å². The minimum absolute atomic E-state index is 0.00305. The third-order valence-electron chi connectivity index (χ3n) is 4.38. The normalized spacial score (nSPS) is 30.4. The minimum Gasteiger partial charge on any atom is -0.479 e. The lowest BCUT2D eigenvalue weighted by atomic mass is 10.1. The van der Waals surface area contributed by atoms with Gasteiger partial charge in [-0.3, -0.25) is 4.79 Å². The molecule has 0 aromatic heterocycles.